The van der Waals surface area contributed by atoms with Crippen LogP contribution in [0.1, 0.15) is 40.5 Å². The summed E-state index contributed by atoms with van der Waals surface area (Å²) >= 11 is 0. The monoisotopic (exact) mass is 320 g/mol. The zero-order valence-corrected chi connectivity index (χ0v) is 13.7. The molecule has 5 heteroatoms. The minimum Gasteiger partial charge on any atom is -0.337 e. The molecule has 0 radical (unpaired) electrons. The lowest BCUT2D eigenvalue weighted by Gasteiger charge is -2.32. The van der Waals surface area contributed by atoms with Gasteiger partial charge >= 0.3 is 0 Å². The molecular weight excluding hydrogens is 300 g/mol. The molecule has 1 amide bonds. The first-order chi connectivity index (χ1) is 11.7. The molecule has 0 bridgehead atoms. The van der Waals surface area contributed by atoms with Gasteiger partial charge in [-0.1, -0.05) is 6.07 Å². The van der Waals surface area contributed by atoms with E-state index in [-0.39, 0.29) is 5.91 Å². The fraction of sp³-hybridized carbons (Fsp3) is 0.316. The highest BCUT2D eigenvalue weighted by Gasteiger charge is 2.25. The number of aromatic nitrogens is 3. The summed E-state index contributed by atoms with van der Waals surface area (Å²) in [7, 11) is 0. The van der Waals surface area contributed by atoms with E-state index in [0.29, 0.717) is 11.6 Å². The van der Waals surface area contributed by atoms with E-state index >= 15 is 0 Å². The van der Waals surface area contributed by atoms with E-state index in [9.17, 15) is 4.79 Å². The van der Waals surface area contributed by atoms with Crippen molar-refractivity contribution < 1.29 is 4.79 Å². The minimum atomic E-state index is 0.0270. The Morgan fingerprint density at radius 3 is 2.75 bits per heavy atom. The summed E-state index contributed by atoms with van der Waals surface area (Å²) in [4.78, 5) is 23.3. The number of amides is 1. The van der Waals surface area contributed by atoms with Gasteiger partial charge in [0.25, 0.3) is 5.91 Å². The van der Waals surface area contributed by atoms with Crippen LogP contribution in [0, 0.1) is 6.92 Å². The van der Waals surface area contributed by atoms with E-state index < -0.39 is 0 Å². The van der Waals surface area contributed by atoms with Gasteiger partial charge in [0.1, 0.15) is 5.69 Å². The molecule has 24 heavy (non-hydrogen) atoms. The molecule has 0 unspecified atom stereocenters. The minimum absolute atomic E-state index is 0.0270. The number of rotatable bonds is 2. The quantitative estimate of drug-likeness (QED) is 0.729. The van der Waals surface area contributed by atoms with Crippen molar-refractivity contribution in [2.24, 2.45) is 0 Å². The number of carbonyl (C=O) groups is 1. The molecule has 5 nitrogen and oxygen atoms in total. The second kappa shape index (κ2) is 6.07. The van der Waals surface area contributed by atoms with E-state index in [0.717, 1.165) is 37.1 Å². The topological polar surface area (TPSA) is 50.5 Å². The molecule has 0 aliphatic carbocycles. The largest absolute Gasteiger partial charge is 0.337 e. The molecule has 0 atom stereocenters. The first kappa shape index (κ1) is 14.9. The van der Waals surface area contributed by atoms with Crippen LogP contribution in [-0.2, 0) is 0 Å². The average Bonchev–Trinajstić information content (AvgIpc) is 3.09. The van der Waals surface area contributed by atoms with Crippen LogP contribution in [0.3, 0.4) is 0 Å². The third kappa shape index (κ3) is 2.77. The number of nitrogens with zero attached hydrogens (tertiary/aromatic N) is 4. The number of pyridine rings is 1. The van der Waals surface area contributed by atoms with Gasteiger partial charge in [-0.25, -0.2) is 4.98 Å². The first-order valence-corrected chi connectivity index (χ1v) is 8.35. The number of likely N-dealkylation sites (tertiary alicyclic amines) is 1. The molecule has 4 heterocycles. The van der Waals surface area contributed by atoms with Crippen LogP contribution in [0.5, 0.6) is 0 Å². The van der Waals surface area contributed by atoms with Gasteiger partial charge in [-0.15, -0.1) is 0 Å². The predicted molar refractivity (Wildman–Crippen MR) is 92.0 cm³/mol. The molecule has 1 aliphatic heterocycles. The van der Waals surface area contributed by atoms with Crippen molar-refractivity contribution in [3.8, 4) is 0 Å². The van der Waals surface area contributed by atoms with Gasteiger partial charge in [0.05, 0.1) is 6.33 Å². The van der Waals surface area contributed by atoms with E-state index in [1.165, 1.54) is 5.56 Å². The Hall–Kier alpha value is -2.69. The summed E-state index contributed by atoms with van der Waals surface area (Å²) < 4.78 is 1.91. The van der Waals surface area contributed by atoms with E-state index in [1.54, 1.807) is 6.33 Å². The van der Waals surface area contributed by atoms with E-state index in [2.05, 4.69) is 22.1 Å². The Morgan fingerprint density at radius 1 is 1.17 bits per heavy atom. The fourth-order valence-corrected chi connectivity index (χ4v) is 3.35. The van der Waals surface area contributed by atoms with Crippen molar-refractivity contribution in [1.82, 2.24) is 19.3 Å². The SMILES string of the molecule is Cc1ccc(C2CCN(C(=O)c3cc4cccn4cn3)CC2)cn1. The lowest BCUT2D eigenvalue weighted by atomic mass is 9.90. The molecular formula is C19H20N4O. The fourth-order valence-electron chi connectivity index (χ4n) is 3.35. The van der Waals surface area contributed by atoms with Crippen LogP contribution in [0.15, 0.2) is 49.1 Å². The maximum atomic E-state index is 12.7. The number of hydrogen-bond donors (Lipinski definition) is 0. The molecule has 1 saturated heterocycles. The lowest BCUT2D eigenvalue weighted by Crippen LogP contribution is -2.38. The standard InChI is InChI=1S/C19H20N4O/c1-14-4-5-16(12-20-14)15-6-9-22(10-7-15)19(24)18-11-17-3-2-8-23(17)13-21-18/h2-5,8,11-13,15H,6-7,9-10H2,1H3. The lowest BCUT2D eigenvalue weighted by molar-refractivity contribution is 0.0707. The zero-order chi connectivity index (χ0) is 16.5. The van der Waals surface area contributed by atoms with Crippen molar-refractivity contribution in [3.63, 3.8) is 0 Å². The zero-order valence-electron chi connectivity index (χ0n) is 13.7. The molecule has 4 rings (SSSR count). The third-order valence-corrected chi connectivity index (χ3v) is 4.82. The van der Waals surface area contributed by atoms with Crippen LogP contribution in [0.4, 0.5) is 0 Å². The second-order valence-corrected chi connectivity index (χ2v) is 6.41. The van der Waals surface area contributed by atoms with Gasteiger partial charge in [0, 0.05) is 36.7 Å². The molecule has 1 fully saturated rings. The molecule has 0 saturated carbocycles. The summed E-state index contributed by atoms with van der Waals surface area (Å²) in [5, 5.41) is 0. The molecule has 3 aromatic rings. The van der Waals surface area contributed by atoms with Crippen molar-refractivity contribution in [2.45, 2.75) is 25.7 Å². The molecule has 3 aromatic heterocycles. The first-order valence-electron chi connectivity index (χ1n) is 8.35. The normalized spacial score (nSPS) is 15.8. The number of carbonyl (C=O) groups excluding carboxylic acids is 1. The van der Waals surface area contributed by atoms with E-state index in [1.807, 2.05) is 46.8 Å². The molecule has 0 aromatic carbocycles. The molecule has 0 N–H and O–H groups in total. The van der Waals surface area contributed by atoms with Crippen LogP contribution in [0.25, 0.3) is 5.52 Å². The van der Waals surface area contributed by atoms with Gasteiger partial charge in [0.2, 0.25) is 0 Å². The maximum Gasteiger partial charge on any atom is 0.272 e. The van der Waals surface area contributed by atoms with Crippen LogP contribution < -0.4 is 0 Å². The Kier molecular flexibility index (Phi) is 3.76. The summed E-state index contributed by atoms with van der Waals surface area (Å²) in [6.45, 7) is 3.54. The smallest absolute Gasteiger partial charge is 0.272 e. The highest BCUT2D eigenvalue weighted by molar-refractivity contribution is 5.93. The number of piperidine rings is 1. The molecule has 1 aliphatic rings. The van der Waals surface area contributed by atoms with Gasteiger partial charge in [0.15, 0.2) is 0 Å². The van der Waals surface area contributed by atoms with E-state index in [4.69, 9.17) is 0 Å². The van der Waals surface area contributed by atoms with Crippen molar-refractivity contribution in [3.05, 3.63) is 66.0 Å². The Morgan fingerprint density at radius 2 is 2.00 bits per heavy atom. The van der Waals surface area contributed by atoms with Crippen molar-refractivity contribution >= 4 is 11.4 Å². The molecule has 122 valence electrons. The predicted octanol–water partition coefficient (Wildman–Crippen LogP) is 3.06. The van der Waals surface area contributed by atoms with Gasteiger partial charge in [-0.05, 0) is 55.5 Å². The Balaban J connectivity index is 1.44. The van der Waals surface area contributed by atoms with Crippen molar-refractivity contribution in [2.75, 3.05) is 13.1 Å². The van der Waals surface area contributed by atoms with Gasteiger partial charge in [-0.2, -0.15) is 0 Å². The summed E-state index contributed by atoms with van der Waals surface area (Å²) in [6, 6.07) is 10.0. The molecule has 0 spiro atoms. The summed E-state index contributed by atoms with van der Waals surface area (Å²) in [5.41, 5.74) is 3.84. The highest BCUT2D eigenvalue weighted by atomic mass is 16.2. The number of hydrogen-bond acceptors (Lipinski definition) is 3. The second-order valence-electron chi connectivity index (χ2n) is 6.41. The summed E-state index contributed by atoms with van der Waals surface area (Å²) in [6.07, 6.45) is 7.55. The number of fused-ring (bicyclic) bond motifs is 1. The average molecular weight is 320 g/mol. The van der Waals surface area contributed by atoms with Gasteiger partial charge < -0.3 is 9.30 Å². The summed E-state index contributed by atoms with van der Waals surface area (Å²) in [5.74, 6) is 0.516. The van der Waals surface area contributed by atoms with Crippen molar-refractivity contribution in [1.29, 1.82) is 0 Å². The van der Waals surface area contributed by atoms with Gasteiger partial charge in [-0.3, -0.25) is 9.78 Å². The van der Waals surface area contributed by atoms with Crippen LogP contribution in [-0.4, -0.2) is 38.3 Å². The number of aryl methyl sites for hydroxylation is 1. The third-order valence-electron chi connectivity index (χ3n) is 4.82. The Labute approximate surface area is 141 Å². The Bertz CT molecular complexity index is 860. The maximum absolute atomic E-state index is 12.7. The highest BCUT2D eigenvalue weighted by Crippen LogP contribution is 2.28. The van der Waals surface area contributed by atoms with Crippen LogP contribution >= 0.6 is 0 Å². The van der Waals surface area contributed by atoms with Crippen LogP contribution in [0.2, 0.25) is 0 Å².